The van der Waals surface area contributed by atoms with Gasteiger partial charge in [-0.25, -0.2) is 4.98 Å². The predicted octanol–water partition coefficient (Wildman–Crippen LogP) is 13.9. The van der Waals surface area contributed by atoms with Gasteiger partial charge in [-0.15, -0.1) is 40.5 Å². The predicted molar refractivity (Wildman–Crippen MR) is 227 cm³/mol. The molecule has 4 nitrogen and oxygen atoms in total. The number of rotatable bonds is 10. The van der Waals surface area contributed by atoms with Crippen molar-refractivity contribution < 1.29 is 30.0 Å². The topological polar surface area (TPSA) is 63.1 Å². The van der Waals surface area contributed by atoms with Gasteiger partial charge in [0.15, 0.2) is 5.78 Å². The number of carbonyl (C=O) groups excluding carboxylic acids is 1. The Morgan fingerprint density at radius 3 is 1.91 bits per heavy atom. The minimum absolute atomic E-state index is 0. The van der Waals surface area contributed by atoms with E-state index in [2.05, 4.69) is 119 Å². The summed E-state index contributed by atoms with van der Waals surface area (Å²) in [5.41, 5.74) is 8.57. The number of carbonyl (C=O) groups is 1. The Kier molecular flexibility index (Phi) is 14.0. The van der Waals surface area contributed by atoms with Gasteiger partial charge in [-0.2, -0.15) is 0 Å². The van der Waals surface area contributed by atoms with Crippen molar-refractivity contribution in [2.24, 2.45) is 10.8 Å². The molecule has 6 heteroatoms. The maximum absolute atomic E-state index is 12.2. The summed E-state index contributed by atoms with van der Waals surface area (Å²) in [5, 5.41) is 12.5. The van der Waals surface area contributed by atoms with Crippen molar-refractivity contribution in [1.29, 1.82) is 0 Å². The third-order valence-corrected chi connectivity index (χ3v) is 12.7. The number of hydrogen-bond acceptors (Lipinski definition) is 5. The minimum Gasteiger partial charge on any atom is -0.512 e. The molecule has 0 aliphatic rings. The van der Waals surface area contributed by atoms with Gasteiger partial charge in [0.1, 0.15) is 12.1 Å². The van der Waals surface area contributed by atoms with E-state index < -0.39 is 0 Å². The maximum atomic E-state index is 12.2. The van der Waals surface area contributed by atoms with Crippen LogP contribution in [0.1, 0.15) is 99.1 Å². The Bertz CT molecular complexity index is 2220. The number of fused-ring (bicyclic) bond motifs is 2. The van der Waals surface area contributed by atoms with Crippen LogP contribution >= 0.6 is 11.3 Å². The quantitative estimate of drug-likeness (QED) is 0.0845. The molecule has 0 atom stereocenters. The average Bonchev–Trinajstić information content (AvgIpc) is 3.52. The Morgan fingerprint density at radius 1 is 0.759 bits per heavy atom. The fourth-order valence-corrected chi connectivity index (χ4v) is 7.87. The van der Waals surface area contributed by atoms with Crippen molar-refractivity contribution in [1.82, 2.24) is 9.97 Å². The molecule has 6 aromatic rings. The molecule has 0 saturated carbocycles. The molecule has 4 aromatic carbocycles. The number of thiophene rings is 1. The second-order valence-electron chi connectivity index (χ2n) is 15.7. The van der Waals surface area contributed by atoms with Gasteiger partial charge in [0.25, 0.3) is 0 Å². The fraction of sp³-hybridized carbons (Fsp3) is 0.354. The van der Waals surface area contributed by atoms with E-state index in [4.69, 9.17) is 9.97 Å². The summed E-state index contributed by atoms with van der Waals surface area (Å²) in [4.78, 5) is 22.9. The van der Waals surface area contributed by atoms with Crippen LogP contribution in [0.25, 0.3) is 53.8 Å². The first-order valence-electron chi connectivity index (χ1n) is 19.0. The number of aromatic nitrogens is 2. The molecule has 285 valence electrons. The molecular formula is C48H55IrN2O2S-. The van der Waals surface area contributed by atoms with Gasteiger partial charge < -0.3 is 5.11 Å². The van der Waals surface area contributed by atoms with Gasteiger partial charge in [0, 0.05) is 52.3 Å². The number of allylic oxidation sites excluding steroid dienone is 2. The van der Waals surface area contributed by atoms with Crippen LogP contribution in [0, 0.1) is 23.8 Å². The van der Waals surface area contributed by atoms with Gasteiger partial charge in [-0.05, 0) is 60.3 Å². The molecule has 0 fully saturated rings. The van der Waals surface area contributed by atoms with E-state index in [-0.39, 0.29) is 47.9 Å². The van der Waals surface area contributed by atoms with Gasteiger partial charge in [0.2, 0.25) is 0 Å². The van der Waals surface area contributed by atoms with Crippen LogP contribution < -0.4 is 0 Å². The Hall–Kier alpha value is -3.96. The summed E-state index contributed by atoms with van der Waals surface area (Å²) in [6.07, 6.45) is 6.45. The second kappa shape index (κ2) is 17.7. The normalized spacial score (nSPS) is 12.3. The van der Waals surface area contributed by atoms with E-state index in [0.717, 1.165) is 52.5 Å². The number of aliphatic hydroxyl groups excluding tert-OH is 1. The molecule has 54 heavy (non-hydrogen) atoms. The SMILES string of the molecule is CCC(C)(CC)C(=O)/C=C(\O)C(C)(CC)CC.Cc1c(-c2ccc(-c3ccccc3)cc2)sc2c(-c3[c-]c4ccccc4c(C(C)(C)C)c3)ncnc12.[Ir]. The van der Waals surface area contributed by atoms with Gasteiger partial charge in [-0.1, -0.05) is 146 Å². The molecule has 0 spiro atoms. The second-order valence-corrected chi connectivity index (χ2v) is 16.7. The number of hydrogen-bond donors (Lipinski definition) is 1. The molecule has 0 bridgehead atoms. The number of aliphatic hydroxyl groups is 1. The summed E-state index contributed by atoms with van der Waals surface area (Å²) in [7, 11) is 0. The smallest absolute Gasteiger partial charge is 0.164 e. The van der Waals surface area contributed by atoms with Gasteiger partial charge in [0.05, 0.1) is 5.52 Å². The zero-order valence-corrected chi connectivity index (χ0v) is 36.8. The summed E-state index contributed by atoms with van der Waals surface area (Å²) >= 11 is 1.77. The summed E-state index contributed by atoms with van der Waals surface area (Å²) in [6, 6.07) is 33.8. The molecule has 0 aliphatic carbocycles. The first-order valence-corrected chi connectivity index (χ1v) is 19.8. The van der Waals surface area contributed by atoms with Crippen molar-refractivity contribution in [3.8, 4) is 32.8 Å². The van der Waals surface area contributed by atoms with Crippen molar-refractivity contribution in [3.05, 3.63) is 120 Å². The van der Waals surface area contributed by atoms with Gasteiger partial charge >= 0.3 is 0 Å². The molecule has 1 N–H and O–H groups in total. The number of ketones is 1. The van der Waals surface area contributed by atoms with Crippen LogP contribution in [0.15, 0.2) is 103 Å². The van der Waals surface area contributed by atoms with E-state index >= 15 is 0 Å². The van der Waals surface area contributed by atoms with Crippen LogP contribution in [-0.2, 0) is 30.3 Å². The third-order valence-electron chi connectivity index (χ3n) is 11.4. The van der Waals surface area contributed by atoms with E-state index in [0.29, 0.717) is 0 Å². The van der Waals surface area contributed by atoms with Gasteiger partial charge in [-0.3, -0.25) is 9.78 Å². The maximum Gasteiger partial charge on any atom is 0.164 e. The van der Waals surface area contributed by atoms with Crippen molar-refractivity contribution in [2.45, 2.75) is 100 Å². The molecule has 0 saturated heterocycles. The molecule has 0 aliphatic heterocycles. The Morgan fingerprint density at radius 2 is 1.31 bits per heavy atom. The zero-order chi connectivity index (χ0) is 38.6. The van der Waals surface area contributed by atoms with E-state index in [1.807, 2.05) is 41.5 Å². The average molecular weight is 916 g/mol. The minimum atomic E-state index is -0.337. The van der Waals surface area contributed by atoms with E-state index in [9.17, 15) is 9.90 Å². The molecular weight excluding hydrogens is 861 g/mol. The Labute approximate surface area is 340 Å². The van der Waals surface area contributed by atoms with Crippen LogP contribution in [0.3, 0.4) is 0 Å². The molecule has 0 unspecified atom stereocenters. The molecule has 2 heterocycles. The number of aryl methyl sites for hydroxylation is 1. The van der Waals surface area contributed by atoms with Crippen LogP contribution in [0.2, 0.25) is 0 Å². The molecule has 0 amide bonds. The summed E-state index contributed by atoms with van der Waals surface area (Å²) in [5.74, 6) is 0.286. The van der Waals surface area contributed by atoms with E-state index in [1.165, 1.54) is 44.2 Å². The largest absolute Gasteiger partial charge is 0.512 e. The molecule has 6 rings (SSSR count). The first-order chi connectivity index (χ1) is 25.2. The monoisotopic (exact) mass is 916 g/mol. The van der Waals surface area contributed by atoms with Crippen LogP contribution in [-0.4, -0.2) is 20.9 Å². The summed E-state index contributed by atoms with van der Waals surface area (Å²) < 4.78 is 1.11. The number of benzene rings is 4. The number of nitrogens with zero attached hydrogens (tertiary/aromatic N) is 2. The molecule has 2 aromatic heterocycles. The van der Waals surface area contributed by atoms with Crippen molar-refractivity contribution in [3.63, 3.8) is 0 Å². The fourth-order valence-electron chi connectivity index (χ4n) is 6.60. The summed E-state index contributed by atoms with van der Waals surface area (Å²) in [6.45, 7) is 21.0. The van der Waals surface area contributed by atoms with Crippen LogP contribution in [0.5, 0.6) is 0 Å². The van der Waals surface area contributed by atoms with Crippen molar-refractivity contribution >= 4 is 38.1 Å². The zero-order valence-electron chi connectivity index (χ0n) is 33.6. The third kappa shape index (κ3) is 8.94. The van der Waals surface area contributed by atoms with Crippen LogP contribution in [0.4, 0.5) is 0 Å². The Balaban J connectivity index is 0.000000309. The molecule has 1 radical (unpaired) electrons. The standard InChI is InChI=1S/C33H27N2S.C15H28O2.Ir/c1-21-29-32(36-31(21)24-16-14-23(15-17-24)22-10-6-5-7-11-22)30(35-20-34-29)26-18-25-12-8-9-13-27(25)28(19-26)33(2,3)4;1-7-14(5,8-2)12(16)11-13(17)15(6,9-3)10-4;/h5-17,19-20H,1-4H3;11,16H,7-10H2,1-6H3;/q-1;;/b;12-11-;. The van der Waals surface area contributed by atoms with Crippen molar-refractivity contribution in [2.75, 3.05) is 0 Å². The van der Waals surface area contributed by atoms with E-state index in [1.54, 1.807) is 17.7 Å². The first kappa shape index (κ1) is 42.8.